The van der Waals surface area contributed by atoms with Gasteiger partial charge in [-0.25, -0.2) is 0 Å². The summed E-state index contributed by atoms with van der Waals surface area (Å²) >= 11 is 0. The molecule has 2 saturated carbocycles. The maximum Gasteiger partial charge on any atom is 0.0963 e. The molecular formula is C17H32N2O. The van der Waals surface area contributed by atoms with Crippen LogP contribution in [0.2, 0.25) is 0 Å². The first-order valence-corrected chi connectivity index (χ1v) is 8.07. The Balaban J connectivity index is 1.81. The fourth-order valence-corrected chi connectivity index (χ4v) is 4.26. The van der Waals surface area contributed by atoms with E-state index in [9.17, 15) is 0 Å². The highest BCUT2D eigenvalue weighted by molar-refractivity contribution is 5.82. The second-order valence-corrected chi connectivity index (χ2v) is 8.37. The molecule has 3 nitrogen and oxygen atoms in total. The number of amidine groups is 1. The lowest BCUT2D eigenvalue weighted by Gasteiger charge is -2.39. The van der Waals surface area contributed by atoms with Crippen LogP contribution >= 0.6 is 0 Å². The zero-order chi connectivity index (χ0) is 15.2. The first kappa shape index (κ1) is 15.8. The maximum absolute atomic E-state index is 7.59. The minimum atomic E-state index is -0.193. The van der Waals surface area contributed by atoms with Gasteiger partial charge in [0.2, 0.25) is 0 Å². The Labute approximate surface area is 124 Å². The van der Waals surface area contributed by atoms with Crippen molar-refractivity contribution in [1.82, 2.24) is 0 Å². The number of rotatable bonds is 6. The van der Waals surface area contributed by atoms with Gasteiger partial charge in [-0.3, -0.25) is 5.41 Å². The summed E-state index contributed by atoms with van der Waals surface area (Å²) in [7, 11) is 0. The van der Waals surface area contributed by atoms with Crippen molar-refractivity contribution in [1.29, 1.82) is 5.41 Å². The fraction of sp³-hybridized carbons (Fsp3) is 0.941. The molecule has 0 spiro atoms. The monoisotopic (exact) mass is 280 g/mol. The third kappa shape index (κ3) is 2.38. The Morgan fingerprint density at radius 2 is 2.00 bits per heavy atom. The molecule has 20 heavy (non-hydrogen) atoms. The molecule has 3 atom stereocenters. The van der Waals surface area contributed by atoms with Crippen molar-refractivity contribution in [3.05, 3.63) is 0 Å². The summed E-state index contributed by atoms with van der Waals surface area (Å²) in [6.07, 6.45) is 6.27. The Morgan fingerprint density at radius 3 is 2.45 bits per heavy atom. The highest BCUT2D eigenvalue weighted by Gasteiger charge is 2.61. The van der Waals surface area contributed by atoms with Crippen molar-refractivity contribution >= 4 is 5.84 Å². The van der Waals surface area contributed by atoms with Gasteiger partial charge in [-0.15, -0.1) is 0 Å². The average Bonchev–Trinajstić information content (AvgIpc) is 2.67. The van der Waals surface area contributed by atoms with Gasteiger partial charge in [-0.2, -0.15) is 0 Å². The molecule has 2 rings (SSSR count). The number of ether oxygens (including phenoxy) is 1. The first-order chi connectivity index (χ1) is 9.11. The minimum absolute atomic E-state index is 0.193. The number of nitrogens with one attached hydrogen (secondary N) is 1. The van der Waals surface area contributed by atoms with E-state index < -0.39 is 0 Å². The van der Waals surface area contributed by atoms with Crippen LogP contribution in [0.15, 0.2) is 0 Å². The van der Waals surface area contributed by atoms with Gasteiger partial charge in [0.15, 0.2) is 0 Å². The number of hydrogen-bond donors (Lipinski definition) is 2. The molecule has 0 amide bonds. The van der Waals surface area contributed by atoms with E-state index in [1.165, 1.54) is 19.3 Å². The second-order valence-electron chi connectivity index (χ2n) is 8.37. The normalized spacial score (nSPS) is 35.5. The molecule has 3 N–H and O–H groups in total. The molecule has 3 heteroatoms. The molecule has 0 aromatic heterocycles. The largest absolute Gasteiger partial charge is 0.387 e. The fourth-order valence-electron chi connectivity index (χ4n) is 4.26. The van der Waals surface area contributed by atoms with Crippen LogP contribution in [0.4, 0.5) is 0 Å². The highest BCUT2D eigenvalue weighted by Crippen LogP contribution is 2.66. The van der Waals surface area contributed by atoms with Crippen LogP contribution in [0.3, 0.4) is 0 Å². The van der Waals surface area contributed by atoms with Gasteiger partial charge in [0.25, 0.3) is 0 Å². The molecule has 2 fully saturated rings. The van der Waals surface area contributed by atoms with Gasteiger partial charge in [0.1, 0.15) is 0 Å². The van der Waals surface area contributed by atoms with Gasteiger partial charge in [0, 0.05) is 12.0 Å². The summed E-state index contributed by atoms with van der Waals surface area (Å²) in [5, 5.41) is 7.59. The lowest BCUT2D eigenvalue weighted by atomic mass is 9.70. The number of hydrogen-bond acceptors (Lipinski definition) is 2. The summed E-state index contributed by atoms with van der Waals surface area (Å²) < 4.78 is 6.24. The Morgan fingerprint density at radius 1 is 1.35 bits per heavy atom. The average molecular weight is 280 g/mol. The minimum Gasteiger partial charge on any atom is -0.387 e. The van der Waals surface area contributed by atoms with Gasteiger partial charge in [-0.05, 0) is 48.9 Å². The van der Waals surface area contributed by atoms with Crippen LogP contribution in [-0.4, -0.2) is 18.5 Å². The maximum atomic E-state index is 7.59. The van der Waals surface area contributed by atoms with E-state index in [0.29, 0.717) is 16.9 Å². The molecule has 0 radical (unpaired) electrons. The van der Waals surface area contributed by atoms with Crippen molar-refractivity contribution in [2.24, 2.45) is 27.9 Å². The molecule has 0 aromatic rings. The van der Waals surface area contributed by atoms with Crippen molar-refractivity contribution < 1.29 is 4.74 Å². The molecule has 116 valence electrons. The van der Waals surface area contributed by atoms with E-state index in [0.717, 1.165) is 25.4 Å². The summed E-state index contributed by atoms with van der Waals surface area (Å²) in [6, 6.07) is 0. The Kier molecular flexibility index (Phi) is 3.96. The molecule has 0 aromatic carbocycles. The van der Waals surface area contributed by atoms with Crippen molar-refractivity contribution in [3.63, 3.8) is 0 Å². The summed E-state index contributed by atoms with van der Waals surface area (Å²) in [5.41, 5.74) is 6.21. The molecule has 0 aliphatic heterocycles. The molecule has 2 aliphatic rings. The SMILES string of the molecule is CC(C)(CCCOC1CC2CCC1(C)C2(C)C)C(=N)N. The Hall–Kier alpha value is -0.570. The first-order valence-electron chi connectivity index (χ1n) is 8.07. The predicted octanol–water partition coefficient (Wildman–Crippen LogP) is 3.96. The third-order valence-corrected chi connectivity index (χ3v) is 6.71. The molecule has 3 unspecified atom stereocenters. The molecule has 0 saturated heterocycles. The standard InChI is InChI=1S/C17H32N2O/c1-15(2,14(18)19)8-6-10-20-13-11-12-7-9-17(13,5)16(12,3)4/h12-13H,6-11H2,1-5H3,(H3,18,19). The second kappa shape index (κ2) is 5.01. The lowest BCUT2D eigenvalue weighted by Crippen LogP contribution is -2.37. The third-order valence-electron chi connectivity index (χ3n) is 6.71. The summed E-state index contributed by atoms with van der Waals surface area (Å²) in [5.74, 6) is 1.12. The van der Waals surface area contributed by atoms with E-state index in [-0.39, 0.29) is 11.3 Å². The number of nitrogens with two attached hydrogens (primary N) is 1. The van der Waals surface area contributed by atoms with E-state index >= 15 is 0 Å². The van der Waals surface area contributed by atoms with Gasteiger partial charge in [-0.1, -0.05) is 34.6 Å². The van der Waals surface area contributed by atoms with Crippen LogP contribution in [0.25, 0.3) is 0 Å². The van der Waals surface area contributed by atoms with Crippen LogP contribution in [0.1, 0.15) is 66.7 Å². The Bertz CT molecular complexity index is 388. The topological polar surface area (TPSA) is 59.1 Å². The van der Waals surface area contributed by atoms with Crippen LogP contribution in [-0.2, 0) is 4.74 Å². The molecule has 0 heterocycles. The molecule has 2 bridgehead atoms. The van der Waals surface area contributed by atoms with Crippen LogP contribution in [0, 0.1) is 27.6 Å². The summed E-state index contributed by atoms with van der Waals surface area (Å²) in [4.78, 5) is 0. The molecular weight excluding hydrogens is 248 g/mol. The van der Waals surface area contributed by atoms with Crippen molar-refractivity contribution in [3.8, 4) is 0 Å². The van der Waals surface area contributed by atoms with Gasteiger partial charge >= 0.3 is 0 Å². The number of fused-ring (bicyclic) bond motifs is 2. The van der Waals surface area contributed by atoms with E-state index in [1.807, 2.05) is 13.8 Å². The van der Waals surface area contributed by atoms with Gasteiger partial charge in [0.05, 0.1) is 11.9 Å². The van der Waals surface area contributed by atoms with Gasteiger partial charge < -0.3 is 10.5 Å². The van der Waals surface area contributed by atoms with E-state index in [4.69, 9.17) is 15.9 Å². The van der Waals surface area contributed by atoms with E-state index in [1.54, 1.807) is 0 Å². The van der Waals surface area contributed by atoms with Crippen LogP contribution in [0.5, 0.6) is 0 Å². The zero-order valence-electron chi connectivity index (χ0n) is 13.9. The quantitative estimate of drug-likeness (QED) is 0.439. The predicted molar refractivity (Wildman–Crippen MR) is 83.9 cm³/mol. The van der Waals surface area contributed by atoms with E-state index in [2.05, 4.69) is 20.8 Å². The molecule has 2 aliphatic carbocycles. The highest BCUT2D eigenvalue weighted by atomic mass is 16.5. The van der Waals surface area contributed by atoms with Crippen LogP contribution < -0.4 is 5.73 Å². The summed E-state index contributed by atoms with van der Waals surface area (Å²) in [6.45, 7) is 12.2. The zero-order valence-corrected chi connectivity index (χ0v) is 13.9. The van der Waals surface area contributed by atoms with Crippen molar-refractivity contribution in [2.45, 2.75) is 72.8 Å². The van der Waals surface area contributed by atoms with Crippen molar-refractivity contribution in [2.75, 3.05) is 6.61 Å². The lowest BCUT2D eigenvalue weighted by molar-refractivity contribution is -0.0484. The smallest absolute Gasteiger partial charge is 0.0963 e.